The molecule has 3 heteroatoms. The van der Waals surface area contributed by atoms with Crippen LogP contribution in [0.25, 0.3) is 11.1 Å². The van der Waals surface area contributed by atoms with Crippen LogP contribution in [0.2, 0.25) is 5.02 Å². The SMILES string of the molecule is Cc1cc(-c2ccc(Cl)cc2)cc(C)c1CN.Cl. The van der Waals surface area contributed by atoms with Gasteiger partial charge in [0.2, 0.25) is 0 Å². The van der Waals surface area contributed by atoms with E-state index in [9.17, 15) is 0 Å². The molecule has 0 aliphatic carbocycles. The lowest BCUT2D eigenvalue weighted by Crippen LogP contribution is -2.02. The summed E-state index contributed by atoms with van der Waals surface area (Å²) in [4.78, 5) is 0. The topological polar surface area (TPSA) is 26.0 Å². The van der Waals surface area contributed by atoms with Gasteiger partial charge in [-0.1, -0.05) is 35.9 Å². The van der Waals surface area contributed by atoms with Gasteiger partial charge in [0.25, 0.3) is 0 Å². The van der Waals surface area contributed by atoms with Gasteiger partial charge in [0, 0.05) is 11.6 Å². The molecule has 0 atom stereocenters. The fourth-order valence-corrected chi connectivity index (χ4v) is 2.25. The van der Waals surface area contributed by atoms with Crippen LogP contribution in [0.15, 0.2) is 36.4 Å². The number of nitrogens with two attached hydrogens (primary N) is 1. The Labute approximate surface area is 119 Å². The van der Waals surface area contributed by atoms with Crippen molar-refractivity contribution in [3.05, 3.63) is 58.1 Å². The lowest BCUT2D eigenvalue weighted by atomic mass is 9.96. The van der Waals surface area contributed by atoms with Crippen molar-refractivity contribution >= 4 is 24.0 Å². The Balaban J connectivity index is 0.00000162. The van der Waals surface area contributed by atoms with Crippen LogP contribution in [0.4, 0.5) is 0 Å². The molecule has 0 spiro atoms. The summed E-state index contributed by atoms with van der Waals surface area (Å²) >= 11 is 5.89. The van der Waals surface area contributed by atoms with Crippen molar-refractivity contribution < 1.29 is 0 Å². The molecule has 2 aromatic carbocycles. The maximum atomic E-state index is 5.89. The molecule has 2 rings (SSSR count). The van der Waals surface area contributed by atoms with Gasteiger partial charge in [0.15, 0.2) is 0 Å². The predicted molar refractivity (Wildman–Crippen MR) is 81.5 cm³/mol. The minimum Gasteiger partial charge on any atom is -0.326 e. The van der Waals surface area contributed by atoms with Crippen molar-refractivity contribution in [2.45, 2.75) is 20.4 Å². The highest BCUT2D eigenvalue weighted by molar-refractivity contribution is 6.30. The predicted octanol–water partition coefficient (Wildman–Crippen LogP) is 4.50. The van der Waals surface area contributed by atoms with Crippen molar-refractivity contribution in [2.24, 2.45) is 5.73 Å². The molecule has 96 valence electrons. The number of aryl methyl sites for hydroxylation is 2. The zero-order valence-electron chi connectivity index (χ0n) is 10.5. The Hall–Kier alpha value is -1.02. The number of hydrogen-bond donors (Lipinski definition) is 1. The molecular formula is C15H17Cl2N. The van der Waals surface area contributed by atoms with Crippen molar-refractivity contribution in [3.63, 3.8) is 0 Å². The third-order valence-corrected chi connectivity index (χ3v) is 3.33. The van der Waals surface area contributed by atoms with E-state index in [1.54, 1.807) is 0 Å². The minimum atomic E-state index is 0. The summed E-state index contributed by atoms with van der Waals surface area (Å²) in [5, 5.41) is 0.765. The summed E-state index contributed by atoms with van der Waals surface area (Å²) in [6.45, 7) is 4.81. The van der Waals surface area contributed by atoms with Gasteiger partial charge < -0.3 is 5.73 Å². The summed E-state index contributed by atoms with van der Waals surface area (Å²) < 4.78 is 0. The van der Waals surface area contributed by atoms with E-state index in [0.717, 1.165) is 5.02 Å². The molecule has 0 fully saturated rings. The van der Waals surface area contributed by atoms with Gasteiger partial charge in [-0.25, -0.2) is 0 Å². The molecule has 0 amide bonds. The minimum absolute atomic E-state index is 0. The quantitative estimate of drug-likeness (QED) is 0.862. The van der Waals surface area contributed by atoms with Crippen LogP contribution >= 0.6 is 24.0 Å². The monoisotopic (exact) mass is 281 g/mol. The summed E-state index contributed by atoms with van der Waals surface area (Å²) in [5.41, 5.74) is 11.9. The van der Waals surface area contributed by atoms with E-state index in [4.69, 9.17) is 17.3 Å². The summed E-state index contributed by atoms with van der Waals surface area (Å²) in [5.74, 6) is 0. The van der Waals surface area contributed by atoms with Gasteiger partial charge >= 0.3 is 0 Å². The molecule has 0 radical (unpaired) electrons. The second-order valence-corrected chi connectivity index (χ2v) is 4.74. The first kappa shape index (κ1) is 15.0. The van der Waals surface area contributed by atoms with Crippen LogP contribution in [0.5, 0.6) is 0 Å². The first-order valence-corrected chi connectivity index (χ1v) is 6.05. The second-order valence-electron chi connectivity index (χ2n) is 4.30. The second kappa shape index (κ2) is 6.24. The number of halogens is 2. The van der Waals surface area contributed by atoms with E-state index >= 15 is 0 Å². The lowest BCUT2D eigenvalue weighted by molar-refractivity contribution is 1.03. The highest BCUT2D eigenvalue weighted by atomic mass is 35.5. The third kappa shape index (κ3) is 3.05. The van der Waals surface area contributed by atoms with Gasteiger partial charge in [0.1, 0.15) is 0 Å². The zero-order chi connectivity index (χ0) is 12.4. The van der Waals surface area contributed by atoms with Crippen molar-refractivity contribution in [1.29, 1.82) is 0 Å². The lowest BCUT2D eigenvalue weighted by Gasteiger charge is -2.11. The van der Waals surface area contributed by atoms with E-state index in [1.807, 2.05) is 24.3 Å². The average molecular weight is 282 g/mol. The molecule has 0 aromatic heterocycles. The zero-order valence-corrected chi connectivity index (χ0v) is 12.1. The maximum absolute atomic E-state index is 5.89. The molecular weight excluding hydrogens is 265 g/mol. The van der Waals surface area contributed by atoms with Gasteiger partial charge in [-0.15, -0.1) is 12.4 Å². The fourth-order valence-electron chi connectivity index (χ4n) is 2.12. The third-order valence-electron chi connectivity index (χ3n) is 3.08. The van der Waals surface area contributed by atoms with E-state index in [-0.39, 0.29) is 12.4 Å². The van der Waals surface area contributed by atoms with Crippen LogP contribution in [0.1, 0.15) is 16.7 Å². The summed E-state index contributed by atoms with van der Waals surface area (Å²) in [7, 11) is 0. The number of hydrogen-bond acceptors (Lipinski definition) is 1. The van der Waals surface area contributed by atoms with Crippen LogP contribution in [-0.4, -0.2) is 0 Å². The molecule has 18 heavy (non-hydrogen) atoms. The van der Waals surface area contributed by atoms with Gasteiger partial charge in [-0.3, -0.25) is 0 Å². The van der Waals surface area contributed by atoms with E-state index < -0.39 is 0 Å². The molecule has 2 N–H and O–H groups in total. The van der Waals surface area contributed by atoms with Crippen LogP contribution in [0, 0.1) is 13.8 Å². The Morgan fingerprint density at radius 2 is 1.44 bits per heavy atom. The molecule has 0 saturated heterocycles. The summed E-state index contributed by atoms with van der Waals surface area (Å²) in [6.07, 6.45) is 0. The standard InChI is InChI=1S/C15H16ClN.ClH/c1-10-7-13(8-11(2)15(10)9-17)12-3-5-14(16)6-4-12;/h3-8H,9,17H2,1-2H3;1H. The maximum Gasteiger partial charge on any atom is 0.0406 e. The Bertz CT molecular complexity index is 510. The Morgan fingerprint density at radius 3 is 1.89 bits per heavy atom. The van der Waals surface area contributed by atoms with E-state index in [0.29, 0.717) is 6.54 Å². The highest BCUT2D eigenvalue weighted by Gasteiger charge is 2.05. The van der Waals surface area contributed by atoms with Gasteiger partial charge in [-0.05, 0) is 53.8 Å². The van der Waals surface area contributed by atoms with Crippen molar-refractivity contribution in [3.8, 4) is 11.1 Å². The first-order chi connectivity index (χ1) is 8.11. The molecule has 0 aliphatic heterocycles. The molecule has 0 bridgehead atoms. The molecule has 0 heterocycles. The smallest absolute Gasteiger partial charge is 0.0406 e. The average Bonchev–Trinajstić information content (AvgIpc) is 2.29. The van der Waals surface area contributed by atoms with E-state index in [1.165, 1.54) is 27.8 Å². The Kier molecular flexibility index (Phi) is 5.21. The molecule has 1 nitrogen and oxygen atoms in total. The summed E-state index contributed by atoms with van der Waals surface area (Å²) in [6, 6.07) is 12.3. The van der Waals surface area contributed by atoms with Gasteiger partial charge in [-0.2, -0.15) is 0 Å². The molecule has 2 aromatic rings. The van der Waals surface area contributed by atoms with Crippen LogP contribution < -0.4 is 5.73 Å². The van der Waals surface area contributed by atoms with Gasteiger partial charge in [0.05, 0.1) is 0 Å². The molecule has 0 aliphatic rings. The van der Waals surface area contributed by atoms with Crippen LogP contribution in [-0.2, 0) is 6.54 Å². The number of rotatable bonds is 2. The molecule has 0 saturated carbocycles. The number of benzene rings is 2. The van der Waals surface area contributed by atoms with Crippen molar-refractivity contribution in [1.82, 2.24) is 0 Å². The van der Waals surface area contributed by atoms with Crippen molar-refractivity contribution in [2.75, 3.05) is 0 Å². The largest absolute Gasteiger partial charge is 0.326 e. The first-order valence-electron chi connectivity index (χ1n) is 5.68. The highest BCUT2D eigenvalue weighted by Crippen LogP contribution is 2.26. The Morgan fingerprint density at radius 1 is 0.944 bits per heavy atom. The fraction of sp³-hybridized carbons (Fsp3) is 0.200. The van der Waals surface area contributed by atoms with Crippen LogP contribution in [0.3, 0.4) is 0 Å². The normalized spacial score (nSPS) is 10.0. The van der Waals surface area contributed by atoms with E-state index in [2.05, 4.69) is 26.0 Å². The molecule has 0 unspecified atom stereocenters.